The number of hydrogen-bond donors (Lipinski definition) is 0. The molecular weight excluding hydrogens is 358 g/mol. The van der Waals surface area contributed by atoms with Gasteiger partial charge in [0.1, 0.15) is 11.3 Å². The van der Waals surface area contributed by atoms with Gasteiger partial charge in [-0.05, 0) is 37.6 Å². The molecule has 1 heterocycles. The van der Waals surface area contributed by atoms with Gasteiger partial charge in [-0.25, -0.2) is 4.79 Å². The van der Waals surface area contributed by atoms with Crippen molar-refractivity contribution in [1.82, 2.24) is 4.90 Å². The van der Waals surface area contributed by atoms with Crippen LogP contribution in [-0.2, 0) is 9.53 Å². The maximum Gasteiger partial charge on any atom is 0.375 e. The summed E-state index contributed by atoms with van der Waals surface area (Å²) in [6.45, 7) is 3.34. The van der Waals surface area contributed by atoms with E-state index in [4.69, 9.17) is 13.9 Å². The van der Waals surface area contributed by atoms with E-state index in [0.717, 1.165) is 10.9 Å². The van der Waals surface area contributed by atoms with E-state index in [9.17, 15) is 9.59 Å². The molecule has 2 aromatic carbocycles. The van der Waals surface area contributed by atoms with Crippen LogP contribution in [0.25, 0.3) is 11.0 Å². The molecule has 0 fully saturated rings. The number of likely N-dealkylation sites (N-methyl/N-ethyl adjacent to an activating group) is 1. The summed E-state index contributed by atoms with van der Waals surface area (Å²) in [6, 6.07) is 14.8. The first-order chi connectivity index (χ1) is 13.4. The zero-order valence-electron chi connectivity index (χ0n) is 16.4. The molecule has 6 nitrogen and oxygen atoms in total. The number of amides is 1. The summed E-state index contributed by atoms with van der Waals surface area (Å²) in [5.41, 5.74) is 2.22. The van der Waals surface area contributed by atoms with Crippen molar-refractivity contribution in [3.8, 4) is 5.75 Å². The molecule has 0 saturated heterocycles. The first-order valence-corrected chi connectivity index (χ1v) is 8.97. The number of fused-ring (bicyclic) bond motifs is 1. The second-order valence-corrected chi connectivity index (χ2v) is 6.59. The number of nitrogens with zero attached hydrogens (tertiary/aromatic N) is 1. The third-order valence-electron chi connectivity index (χ3n) is 4.91. The average Bonchev–Trinajstić information content (AvgIpc) is 3.07. The molecule has 0 aliphatic heterocycles. The van der Waals surface area contributed by atoms with Crippen molar-refractivity contribution in [2.45, 2.75) is 19.9 Å². The smallest absolute Gasteiger partial charge is 0.375 e. The molecule has 0 radical (unpaired) electrons. The number of aryl methyl sites for hydroxylation is 1. The van der Waals surface area contributed by atoms with Crippen molar-refractivity contribution in [2.75, 3.05) is 20.8 Å². The molecule has 0 aliphatic rings. The highest BCUT2D eigenvalue weighted by molar-refractivity contribution is 5.97. The van der Waals surface area contributed by atoms with Gasteiger partial charge in [0.2, 0.25) is 5.76 Å². The highest BCUT2D eigenvalue weighted by Gasteiger charge is 2.23. The molecule has 0 N–H and O–H groups in total. The topological polar surface area (TPSA) is 69.0 Å². The lowest BCUT2D eigenvalue weighted by atomic mass is 10.1. The fourth-order valence-electron chi connectivity index (χ4n) is 2.99. The van der Waals surface area contributed by atoms with Crippen LogP contribution in [0.2, 0.25) is 0 Å². The predicted octanol–water partition coefficient (Wildman–Crippen LogP) is 4.13. The first kappa shape index (κ1) is 19.5. The van der Waals surface area contributed by atoms with E-state index in [2.05, 4.69) is 0 Å². The number of esters is 1. The van der Waals surface area contributed by atoms with Gasteiger partial charge in [-0.3, -0.25) is 4.79 Å². The third-order valence-corrected chi connectivity index (χ3v) is 4.91. The lowest BCUT2D eigenvalue weighted by molar-refractivity contribution is -0.135. The summed E-state index contributed by atoms with van der Waals surface area (Å²) >= 11 is 0. The van der Waals surface area contributed by atoms with Crippen LogP contribution in [0.4, 0.5) is 0 Å². The number of carbonyl (C=O) groups excluding carboxylic acids is 2. The SMILES string of the molecule is COc1ccc2oc(C(=O)OCC(=O)N(C)C(C)c3ccccc3)c(C)c2c1. The number of hydrogen-bond acceptors (Lipinski definition) is 5. The Hall–Kier alpha value is -3.28. The van der Waals surface area contributed by atoms with Crippen molar-refractivity contribution in [2.24, 2.45) is 0 Å². The zero-order valence-corrected chi connectivity index (χ0v) is 16.4. The van der Waals surface area contributed by atoms with Crippen LogP contribution in [0, 0.1) is 6.92 Å². The van der Waals surface area contributed by atoms with Crippen LogP contribution in [0.1, 0.15) is 34.6 Å². The Morgan fingerprint density at radius 2 is 1.86 bits per heavy atom. The molecule has 28 heavy (non-hydrogen) atoms. The first-order valence-electron chi connectivity index (χ1n) is 8.97. The van der Waals surface area contributed by atoms with Gasteiger partial charge in [-0.15, -0.1) is 0 Å². The van der Waals surface area contributed by atoms with E-state index >= 15 is 0 Å². The summed E-state index contributed by atoms with van der Waals surface area (Å²) in [6.07, 6.45) is 0. The molecule has 3 aromatic rings. The molecule has 1 atom stereocenters. The molecule has 1 aromatic heterocycles. The van der Waals surface area contributed by atoms with E-state index < -0.39 is 5.97 Å². The Morgan fingerprint density at radius 3 is 2.54 bits per heavy atom. The van der Waals surface area contributed by atoms with Crippen molar-refractivity contribution < 1.29 is 23.5 Å². The predicted molar refractivity (Wildman–Crippen MR) is 105 cm³/mol. The summed E-state index contributed by atoms with van der Waals surface area (Å²) in [7, 11) is 3.26. The zero-order chi connectivity index (χ0) is 20.3. The molecular formula is C22H23NO5. The van der Waals surface area contributed by atoms with E-state index in [-0.39, 0.29) is 24.3 Å². The van der Waals surface area contributed by atoms with E-state index in [0.29, 0.717) is 16.9 Å². The number of methoxy groups -OCH3 is 1. The van der Waals surface area contributed by atoms with Crippen molar-refractivity contribution in [3.05, 3.63) is 65.4 Å². The quantitative estimate of drug-likeness (QED) is 0.601. The second-order valence-electron chi connectivity index (χ2n) is 6.59. The second kappa shape index (κ2) is 8.17. The van der Waals surface area contributed by atoms with Gasteiger partial charge in [0.05, 0.1) is 13.2 Å². The lowest BCUT2D eigenvalue weighted by Crippen LogP contribution is -2.33. The molecule has 0 aliphatic carbocycles. The van der Waals surface area contributed by atoms with Crippen molar-refractivity contribution in [3.63, 3.8) is 0 Å². The number of furan rings is 1. The fraction of sp³-hybridized carbons (Fsp3) is 0.273. The Morgan fingerprint density at radius 1 is 1.14 bits per heavy atom. The monoisotopic (exact) mass is 381 g/mol. The molecule has 1 amide bonds. The Balaban J connectivity index is 1.67. The van der Waals surface area contributed by atoms with E-state index in [1.807, 2.05) is 37.3 Å². The summed E-state index contributed by atoms with van der Waals surface area (Å²) in [5.74, 6) is -0.195. The lowest BCUT2D eigenvalue weighted by Gasteiger charge is -2.25. The third kappa shape index (κ3) is 3.86. The number of rotatable bonds is 6. The highest BCUT2D eigenvalue weighted by Crippen LogP contribution is 2.29. The highest BCUT2D eigenvalue weighted by atomic mass is 16.5. The molecule has 0 saturated carbocycles. The minimum atomic E-state index is -0.665. The normalized spacial score (nSPS) is 11.9. The standard InChI is InChI=1S/C22H23NO5/c1-14-18-12-17(26-4)10-11-19(18)28-21(14)22(25)27-13-20(24)23(3)15(2)16-8-6-5-7-9-16/h5-12,15H,13H2,1-4H3. The van der Waals surface area contributed by atoms with E-state index in [1.165, 1.54) is 0 Å². The van der Waals surface area contributed by atoms with Gasteiger partial charge in [0, 0.05) is 18.0 Å². The summed E-state index contributed by atoms with van der Waals surface area (Å²) in [4.78, 5) is 26.4. The Kier molecular flexibility index (Phi) is 5.68. The van der Waals surface area contributed by atoms with Gasteiger partial charge in [0.25, 0.3) is 5.91 Å². The van der Waals surface area contributed by atoms with Crippen LogP contribution in [0.5, 0.6) is 5.75 Å². The summed E-state index contributed by atoms with van der Waals surface area (Å²) in [5, 5.41) is 0.771. The minimum absolute atomic E-state index is 0.0924. The van der Waals surface area contributed by atoms with Crippen LogP contribution in [-0.4, -0.2) is 37.5 Å². The fourth-order valence-corrected chi connectivity index (χ4v) is 2.99. The molecule has 6 heteroatoms. The maximum atomic E-state index is 12.4. The van der Waals surface area contributed by atoms with Crippen LogP contribution in [0.3, 0.4) is 0 Å². The van der Waals surface area contributed by atoms with Gasteiger partial charge in [-0.1, -0.05) is 30.3 Å². The Bertz CT molecular complexity index is 993. The van der Waals surface area contributed by atoms with Crippen molar-refractivity contribution >= 4 is 22.8 Å². The van der Waals surface area contributed by atoms with Gasteiger partial charge >= 0.3 is 5.97 Å². The minimum Gasteiger partial charge on any atom is -0.497 e. The number of benzene rings is 2. The molecule has 146 valence electrons. The molecule has 3 rings (SSSR count). The molecule has 0 bridgehead atoms. The molecule has 1 unspecified atom stereocenters. The van der Waals surface area contributed by atoms with Gasteiger partial charge < -0.3 is 18.8 Å². The summed E-state index contributed by atoms with van der Waals surface area (Å²) < 4.78 is 16.0. The largest absolute Gasteiger partial charge is 0.497 e. The maximum absolute atomic E-state index is 12.4. The van der Waals surface area contributed by atoms with Gasteiger partial charge in [-0.2, -0.15) is 0 Å². The van der Waals surface area contributed by atoms with Crippen LogP contribution in [0.15, 0.2) is 52.9 Å². The Labute approximate surface area is 163 Å². The van der Waals surface area contributed by atoms with Gasteiger partial charge in [0.15, 0.2) is 6.61 Å². The number of ether oxygens (including phenoxy) is 2. The van der Waals surface area contributed by atoms with Crippen LogP contribution < -0.4 is 4.74 Å². The van der Waals surface area contributed by atoms with Crippen molar-refractivity contribution in [1.29, 1.82) is 0 Å². The number of carbonyl (C=O) groups is 2. The average molecular weight is 381 g/mol. The van der Waals surface area contributed by atoms with Crippen LogP contribution >= 0.6 is 0 Å². The van der Waals surface area contributed by atoms with E-state index in [1.54, 1.807) is 44.2 Å². The molecule has 0 spiro atoms.